The number of hydrogen-bond acceptors (Lipinski definition) is 11. The van der Waals surface area contributed by atoms with Crippen LogP contribution in [-0.2, 0) is 14.9 Å². The number of esters is 1. The second-order valence-electron chi connectivity index (χ2n) is 6.14. The van der Waals surface area contributed by atoms with Crippen molar-refractivity contribution in [2.45, 2.75) is 11.8 Å². The van der Waals surface area contributed by atoms with Gasteiger partial charge in [-0.2, -0.15) is 18.2 Å². The molecule has 12 nitrogen and oxygen atoms in total. The number of pyridine rings is 1. The average molecular weight is 474 g/mol. The molecule has 0 fully saturated rings. The fraction of sp³-hybridized carbons (Fsp3) is 0.111. The van der Waals surface area contributed by atoms with Crippen LogP contribution in [-0.4, -0.2) is 50.4 Å². The molecular formula is C18H14N6O6S2. The molecule has 2 N–H and O–H groups in total. The van der Waals surface area contributed by atoms with Crippen molar-refractivity contribution in [3.63, 3.8) is 0 Å². The molecule has 0 bridgehead atoms. The molecular weight excluding hydrogens is 460 g/mol. The molecule has 4 aromatic rings. The maximum Gasteiger partial charge on any atom is 0.361 e. The van der Waals surface area contributed by atoms with E-state index in [4.69, 9.17) is 4.74 Å². The van der Waals surface area contributed by atoms with Crippen LogP contribution in [0.3, 0.4) is 0 Å². The van der Waals surface area contributed by atoms with Gasteiger partial charge in [0.25, 0.3) is 10.1 Å². The number of hydrogen-bond donors (Lipinski definition) is 2. The van der Waals surface area contributed by atoms with E-state index in [2.05, 4.69) is 25.3 Å². The van der Waals surface area contributed by atoms with Crippen molar-refractivity contribution >= 4 is 48.5 Å². The maximum atomic E-state index is 12.3. The van der Waals surface area contributed by atoms with Crippen LogP contribution in [0, 0.1) is 0 Å². The van der Waals surface area contributed by atoms with Gasteiger partial charge in [0.1, 0.15) is 0 Å². The summed E-state index contributed by atoms with van der Waals surface area (Å²) in [5.41, 5.74) is -0.0872. The molecule has 32 heavy (non-hydrogen) atoms. The lowest BCUT2D eigenvalue weighted by atomic mass is 10.3. The summed E-state index contributed by atoms with van der Waals surface area (Å²) in [5.74, 6) is -1.05. The van der Waals surface area contributed by atoms with E-state index in [1.165, 1.54) is 24.4 Å². The van der Waals surface area contributed by atoms with Gasteiger partial charge in [0.05, 0.1) is 21.7 Å². The highest BCUT2D eigenvalue weighted by atomic mass is 32.2. The molecule has 0 amide bonds. The van der Waals surface area contributed by atoms with E-state index in [9.17, 15) is 22.9 Å². The zero-order chi connectivity index (χ0) is 22.9. The fourth-order valence-electron chi connectivity index (χ4n) is 2.66. The normalized spacial score (nSPS) is 11.9. The van der Waals surface area contributed by atoms with Gasteiger partial charge in [-0.05, 0) is 37.3 Å². The SMILES string of the molecule is CCOC(=O)c1nn(-c2ccccn2)c(O)c1N=Nc1nc2ccc(S(=O)(=O)O)cc2s1. The van der Waals surface area contributed by atoms with Crippen molar-refractivity contribution in [2.75, 3.05) is 6.61 Å². The summed E-state index contributed by atoms with van der Waals surface area (Å²) in [6.07, 6.45) is 1.49. The van der Waals surface area contributed by atoms with Gasteiger partial charge in [0.2, 0.25) is 16.7 Å². The Balaban J connectivity index is 1.76. The molecule has 0 unspecified atom stereocenters. The molecule has 0 aliphatic rings. The number of thiazole rings is 1. The summed E-state index contributed by atoms with van der Waals surface area (Å²) >= 11 is 0.996. The molecule has 0 radical (unpaired) electrons. The zero-order valence-corrected chi connectivity index (χ0v) is 17.9. The van der Waals surface area contributed by atoms with Gasteiger partial charge < -0.3 is 9.84 Å². The van der Waals surface area contributed by atoms with Gasteiger partial charge in [-0.25, -0.2) is 14.8 Å². The number of ether oxygens (including phenoxy) is 1. The Bertz CT molecular complexity index is 1450. The van der Waals surface area contributed by atoms with Crippen LogP contribution in [0.2, 0.25) is 0 Å². The number of rotatable bonds is 6. The number of carbonyl (C=O) groups is 1. The lowest BCUT2D eigenvalue weighted by Gasteiger charge is -2.00. The number of aromatic hydroxyl groups is 1. The number of carbonyl (C=O) groups excluding carboxylic acids is 1. The van der Waals surface area contributed by atoms with Gasteiger partial charge in [-0.3, -0.25) is 4.55 Å². The van der Waals surface area contributed by atoms with E-state index >= 15 is 0 Å². The molecule has 4 rings (SSSR count). The first-order chi connectivity index (χ1) is 15.3. The predicted octanol–water partition coefficient (Wildman–Crippen LogP) is 3.42. The lowest BCUT2D eigenvalue weighted by Crippen LogP contribution is -2.07. The monoisotopic (exact) mass is 474 g/mol. The third-order valence-corrected chi connectivity index (χ3v) is 5.81. The summed E-state index contributed by atoms with van der Waals surface area (Å²) in [6.45, 7) is 1.71. The summed E-state index contributed by atoms with van der Waals surface area (Å²) in [6, 6.07) is 8.80. The Kier molecular flexibility index (Phi) is 5.65. The molecule has 0 atom stereocenters. The van der Waals surface area contributed by atoms with Gasteiger partial charge in [-0.1, -0.05) is 17.4 Å². The summed E-state index contributed by atoms with van der Waals surface area (Å²) in [5, 5.41) is 22.7. The molecule has 164 valence electrons. The van der Waals surface area contributed by atoms with Gasteiger partial charge in [0.15, 0.2) is 11.5 Å². The van der Waals surface area contributed by atoms with Crippen molar-refractivity contribution < 1.29 is 27.6 Å². The van der Waals surface area contributed by atoms with E-state index in [0.717, 1.165) is 16.0 Å². The van der Waals surface area contributed by atoms with Crippen molar-refractivity contribution in [3.8, 4) is 11.7 Å². The molecule has 0 spiro atoms. The molecule has 14 heteroatoms. The lowest BCUT2D eigenvalue weighted by molar-refractivity contribution is 0.0519. The average Bonchev–Trinajstić information content (AvgIpc) is 3.32. The third kappa shape index (κ3) is 4.18. The van der Waals surface area contributed by atoms with Crippen LogP contribution in [0.25, 0.3) is 16.0 Å². The highest BCUT2D eigenvalue weighted by Crippen LogP contribution is 2.36. The molecule has 0 saturated heterocycles. The second kappa shape index (κ2) is 8.41. The number of nitrogens with zero attached hydrogens (tertiary/aromatic N) is 6. The zero-order valence-electron chi connectivity index (χ0n) is 16.3. The van der Waals surface area contributed by atoms with E-state index in [0.29, 0.717) is 10.2 Å². The van der Waals surface area contributed by atoms with Crippen LogP contribution >= 0.6 is 11.3 Å². The first kappa shape index (κ1) is 21.5. The van der Waals surface area contributed by atoms with Crippen molar-refractivity contribution in [1.82, 2.24) is 19.7 Å². The van der Waals surface area contributed by atoms with Gasteiger partial charge in [-0.15, -0.1) is 10.2 Å². The van der Waals surface area contributed by atoms with E-state index in [1.54, 1.807) is 25.1 Å². The smallest absolute Gasteiger partial charge is 0.361 e. The molecule has 3 aromatic heterocycles. The van der Waals surface area contributed by atoms with Crippen LogP contribution < -0.4 is 0 Å². The molecule has 3 heterocycles. The number of aromatic nitrogens is 4. The summed E-state index contributed by atoms with van der Waals surface area (Å²) < 4.78 is 38.3. The van der Waals surface area contributed by atoms with Crippen LogP contribution in [0.15, 0.2) is 57.7 Å². The number of fused-ring (bicyclic) bond motifs is 1. The molecule has 0 aliphatic heterocycles. The quantitative estimate of drug-likeness (QED) is 0.241. The van der Waals surface area contributed by atoms with Crippen LogP contribution in [0.4, 0.5) is 10.8 Å². The van der Waals surface area contributed by atoms with Crippen LogP contribution in [0.5, 0.6) is 5.88 Å². The Hall–Kier alpha value is -3.75. The van der Waals surface area contributed by atoms with Crippen LogP contribution in [0.1, 0.15) is 17.4 Å². The van der Waals surface area contributed by atoms with E-state index < -0.39 is 22.0 Å². The molecule has 0 saturated carbocycles. The Morgan fingerprint density at radius 1 is 1.25 bits per heavy atom. The minimum absolute atomic E-state index is 0.0839. The largest absolute Gasteiger partial charge is 0.492 e. The third-order valence-electron chi connectivity index (χ3n) is 4.05. The summed E-state index contributed by atoms with van der Waals surface area (Å²) in [4.78, 5) is 20.3. The maximum absolute atomic E-state index is 12.3. The molecule has 0 aliphatic carbocycles. The Morgan fingerprint density at radius 2 is 2.06 bits per heavy atom. The van der Waals surface area contributed by atoms with Gasteiger partial charge in [0, 0.05) is 6.20 Å². The minimum Gasteiger partial charge on any atom is -0.492 e. The highest BCUT2D eigenvalue weighted by molar-refractivity contribution is 7.85. The Morgan fingerprint density at radius 3 is 2.75 bits per heavy atom. The summed E-state index contributed by atoms with van der Waals surface area (Å²) in [7, 11) is -4.37. The highest BCUT2D eigenvalue weighted by Gasteiger charge is 2.25. The Labute approximate surface area is 184 Å². The number of azo groups is 1. The standard InChI is InChI=1S/C18H14N6O6S2/c1-2-30-17(26)15-14(16(25)24(23-15)13-5-3-4-8-19-13)21-22-18-20-11-7-6-10(32(27,28)29)9-12(11)31-18/h3-9,25H,2H2,1H3,(H,27,28,29). The first-order valence-electron chi connectivity index (χ1n) is 8.98. The first-order valence-corrected chi connectivity index (χ1v) is 11.2. The number of benzene rings is 1. The molecule has 1 aromatic carbocycles. The van der Waals surface area contributed by atoms with Crippen molar-refractivity contribution in [2.24, 2.45) is 10.2 Å². The predicted molar refractivity (Wildman–Crippen MR) is 113 cm³/mol. The fourth-order valence-corrected chi connectivity index (χ4v) is 4.07. The van der Waals surface area contributed by atoms with Crippen molar-refractivity contribution in [3.05, 3.63) is 48.3 Å². The topological polar surface area (TPSA) is 169 Å². The van der Waals surface area contributed by atoms with Crippen molar-refractivity contribution in [1.29, 1.82) is 0 Å². The van der Waals surface area contributed by atoms with E-state index in [1.807, 2.05) is 0 Å². The van der Waals surface area contributed by atoms with E-state index in [-0.39, 0.29) is 33.8 Å². The minimum atomic E-state index is -4.37. The second-order valence-corrected chi connectivity index (χ2v) is 8.57. The van der Waals surface area contributed by atoms with Gasteiger partial charge >= 0.3 is 5.97 Å².